The number of rotatable bonds is 4. The van der Waals surface area contributed by atoms with Gasteiger partial charge in [0, 0.05) is 6.04 Å². The third-order valence-corrected chi connectivity index (χ3v) is 5.32. The Labute approximate surface area is 102 Å². The van der Waals surface area contributed by atoms with Crippen LogP contribution in [0.25, 0.3) is 0 Å². The Kier molecular flexibility index (Phi) is 3.03. The molecule has 1 N–H and O–H groups in total. The van der Waals surface area contributed by atoms with E-state index in [2.05, 4.69) is 29.1 Å². The summed E-state index contributed by atoms with van der Waals surface area (Å²) in [5.74, 6) is 3.10. The van der Waals surface area contributed by atoms with E-state index in [0.717, 1.165) is 17.8 Å². The Morgan fingerprint density at radius 1 is 1.44 bits per heavy atom. The Bertz CT molecular complexity index is 333. The minimum absolute atomic E-state index is 0.533. The summed E-state index contributed by atoms with van der Waals surface area (Å²) in [4.78, 5) is 0. The number of fused-ring (bicyclic) bond motifs is 2. The lowest BCUT2D eigenvalue weighted by Gasteiger charge is -2.24. The van der Waals surface area contributed by atoms with E-state index < -0.39 is 0 Å². The van der Waals surface area contributed by atoms with Crippen LogP contribution in [0.15, 0.2) is 16.8 Å². The van der Waals surface area contributed by atoms with Crippen molar-refractivity contribution in [2.75, 3.05) is 6.54 Å². The molecule has 4 unspecified atom stereocenters. The molecule has 2 fully saturated rings. The van der Waals surface area contributed by atoms with E-state index in [4.69, 9.17) is 0 Å². The fourth-order valence-corrected chi connectivity index (χ4v) is 4.35. The second-order valence-electron chi connectivity index (χ2n) is 5.62. The summed E-state index contributed by atoms with van der Waals surface area (Å²) in [5.41, 5.74) is 1.45. The molecule has 88 valence electrons. The van der Waals surface area contributed by atoms with Crippen LogP contribution in [0.2, 0.25) is 0 Å². The van der Waals surface area contributed by atoms with Gasteiger partial charge in [0.15, 0.2) is 0 Å². The Balaban J connectivity index is 1.50. The largest absolute Gasteiger partial charge is 0.310 e. The summed E-state index contributed by atoms with van der Waals surface area (Å²) in [7, 11) is 0. The average Bonchev–Trinajstić information content (AvgIpc) is 3.01. The molecule has 4 atom stereocenters. The highest BCUT2D eigenvalue weighted by Gasteiger charge is 2.39. The molecule has 0 aromatic carbocycles. The standard InChI is InChI=1S/C14H21NS/c1-10(13-4-5-16-9-13)15-8-14-7-11-2-3-12(14)6-11/h4-5,9-12,14-15H,2-3,6-8H2,1H3. The van der Waals surface area contributed by atoms with E-state index in [-0.39, 0.29) is 0 Å². The molecule has 3 rings (SSSR count). The van der Waals surface area contributed by atoms with Crippen molar-refractivity contribution in [1.29, 1.82) is 0 Å². The van der Waals surface area contributed by atoms with Gasteiger partial charge in [0.1, 0.15) is 0 Å². The summed E-state index contributed by atoms with van der Waals surface area (Å²) in [6.07, 6.45) is 6.04. The molecule has 1 nitrogen and oxygen atoms in total. The van der Waals surface area contributed by atoms with Crippen molar-refractivity contribution >= 4 is 11.3 Å². The maximum absolute atomic E-state index is 3.72. The maximum Gasteiger partial charge on any atom is 0.0300 e. The highest BCUT2D eigenvalue weighted by Crippen LogP contribution is 2.48. The highest BCUT2D eigenvalue weighted by molar-refractivity contribution is 7.07. The predicted molar refractivity (Wildman–Crippen MR) is 69.7 cm³/mol. The minimum atomic E-state index is 0.533. The van der Waals surface area contributed by atoms with Crippen molar-refractivity contribution in [3.05, 3.63) is 22.4 Å². The van der Waals surface area contributed by atoms with Crippen LogP contribution in [0, 0.1) is 17.8 Å². The van der Waals surface area contributed by atoms with Crippen molar-refractivity contribution in [3.63, 3.8) is 0 Å². The first-order valence-electron chi connectivity index (χ1n) is 6.58. The highest BCUT2D eigenvalue weighted by atomic mass is 32.1. The lowest BCUT2D eigenvalue weighted by molar-refractivity contribution is 0.309. The Morgan fingerprint density at radius 3 is 3.00 bits per heavy atom. The molecule has 2 aliphatic carbocycles. The zero-order valence-corrected chi connectivity index (χ0v) is 10.8. The topological polar surface area (TPSA) is 12.0 Å². The molecule has 2 aliphatic rings. The molecular formula is C14H21NS. The van der Waals surface area contributed by atoms with Gasteiger partial charge in [-0.2, -0.15) is 11.3 Å². The first kappa shape index (κ1) is 10.8. The van der Waals surface area contributed by atoms with Crippen LogP contribution in [-0.2, 0) is 0 Å². The van der Waals surface area contributed by atoms with E-state index in [1.165, 1.54) is 37.8 Å². The smallest absolute Gasteiger partial charge is 0.0300 e. The normalized spacial score (nSPS) is 34.4. The predicted octanol–water partition coefficient (Wildman–Crippen LogP) is 3.83. The summed E-state index contributed by atoms with van der Waals surface area (Å²) in [5, 5.41) is 8.15. The number of nitrogens with one attached hydrogen (secondary N) is 1. The molecule has 1 heterocycles. The van der Waals surface area contributed by atoms with Crippen LogP contribution in [-0.4, -0.2) is 6.54 Å². The average molecular weight is 235 g/mol. The first-order chi connectivity index (χ1) is 7.83. The SMILES string of the molecule is CC(NCC1CC2CCC1C2)c1ccsc1. The van der Waals surface area contributed by atoms with Gasteiger partial charge in [-0.15, -0.1) is 0 Å². The Hall–Kier alpha value is -0.340. The quantitative estimate of drug-likeness (QED) is 0.836. The van der Waals surface area contributed by atoms with Gasteiger partial charge in [0.05, 0.1) is 0 Å². The molecular weight excluding hydrogens is 214 g/mol. The van der Waals surface area contributed by atoms with Gasteiger partial charge in [-0.1, -0.05) is 6.42 Å². The van der Waals surface area contributed by atoms with Crippen LogP contribution in [0.4, 0.5) is 0 Å². The zero-order chi connectivity index (χ0) is 11.0. The summed E-state index contributed by atoms with van der Waals surface area (Å²) in [6, 6.07) is 2.77. The van der Waals surface area contributed by atoms with Crippen molar-refractivity contribution in [2.45, 2.75) is 38.6 Å². The first-order valence-corrected chi connectivity index (χ1v) is 7.52. The molecule has 0 saturated heterocycles. The molecule has 1 aromatic rings. The van der Waals surface area contributed by atoms with Crippen molar-refractivity contribution in [3.8, 4) is 0 Å². The summed E-state index contributed by atoms with van der Waals surface area (Å²) < 4.78 is 0. The fourth-order valence-electron chi connectivity index (χ4n) is 3.59. The molecule has 2 saturated carbocycles. The Morgan fingerprint density at radius 2 is 2.38 bits per heavy atom. The molecule has 0 radical (unpaired) electrons. The molecule has 0 aliphatic heterocycles. The van der Waals surface area contributed by atoms with Gasteiger partial charge >= 0.3 is 0 Å². The number of thiophene rings is 1. The summed E-state index contributed by atoms with van der Waals surface area (Å²) >= 11 is 1.80. The van der Waals surface area contributed by atoms with Crippen LogP contribution >= 0.6 is 11.3 Å². The second kappa shape index (κ2) is 4.50. The lowest BCUT2D eigenvalue weighted by Crippen LogP contribution is -2.28. The van der Waals surface area contributed by atoms with Gasteiger partial charge in [0.25, 0.3) is 0 Å². The minimum Gasteiger partial charge on any atom is -0.310 e. The van der Waals surface area contributed by atoms with E-state index >= 15 is 0 Å². The van der Waals surface area contributed by atoms with Crippen molar-refractivity contribution < 1.29 is 0 Å². The lowest BCUT2D eigenvalue weighted by atomic mass is 9.88. The van der Waals surface area contributed by atoms with Crippen LogP contribution in [0.5, 0.6) is 0 Å². The monoisotopic (exact) mass is 235 g/mol. The number of hydrogen-bond donors (Lipinski definition) is 1. The van der Waals surface area contributed by atoms with Crippen molar-refractivity contribution in [1.82, 2.24) is 5.32 Å². The summed E-state index contributed by atoms with van der Waals surface area (Å²) in [6.45, 7) is 3.52. The van der Waals surface area contributed by atoms with Gasteiger partial charge in [-0.05, 0) is 72.9 Å². The van der Waals surface area contributed by atoms with E-state index in [1.54, 1.807) is 11.3 Å². The van der Waals surface area contributed by atoms with E-state index in [9.17, 15) is 0 Å². The number of hydrogen-bond acceptors (Lipinski definition) is 2. The third kappa shape index (κ3) is 2.05. The maximum atomic E-state index is 3.72. The second-order valence-corrected chi connectivity index (χ2v) is 6.40. The van der Waals surface area contributed by atoms with Crippen LogP contribution in [0.1, 0.15) is 44.2 Å². The van der Waals surface area contributed by atoms with Gasteiger partial charge in [0.2, 0.25) is 0 Å². The van der Waals surface area contributed by atoms with Crippen LogP contribution < -0.4 is 5.32 Å². The fraction of sp³-hybridized carbons (Fsp3) is 0.714. The van der Waals surface area contributed by atoms with Gasteiger partial charge in [-0.3, -0.25) is 0 Å². The molecule has 16 heavy (non-hydrogen) atoms. The van der Waals surface area contributed by atoms with Gasteiger partial charge < -0.3 is 5.32 Å². The zero-order valence-electron chi connectivity index (χ0n) is 9.99. The van der Waals surface area contributed by atoms with Crippen LogP contribution in [0.3, 0.4) is 0 Å². The van der Waals surface area contributed by atoms with E-state index in [0.29, 0.717) is 6.04 Å². The molecule has 1 aromatic heterocycles. The molecule has 2 heteroatoms. The third-order valence-electron chi connectivity index (χ3n) is 4.61. The molecule has 2 bridgehead atoms. The van der Waals surface area contributed by atoms with E-state index in [1.807, 2.05) is 0 Å². The van der Waals surface area contributed by atoms with Gasteiger partial charge in [-0.25, -0.2) is 0 Å². The van der Waals surface area contributed by atoms with Crippen molar-refractivity contribution in [2.24, 2.45) is 17.8 Å². The molecule has 0 amide bonds. The molecule has 0 spiro atoms.